The fraction of sp³-hybridized carbons (Fsp3) is 0.441. The number of fused-ring (bicyclic) bond motifs is 2. The minimum atomic E-state index is -4.53. The molecule has 2 aliphatic heterocycles. The minimum Gasteiger partial charge on any atom is -0.507 e. The number of methoxy groups -OCH3 is 2. The quantitative estimate of drug-likeness (QED) is 0.234. The molecule has 1 atom stereocenters. The molecular formula is C34H37F6N2O4+. The van der Waals surface area contributed by atoms with Gasteiger partial charge in [-0.3, -0.25) is 0 Å². The molecule has 5 rings (SSSR count). The lowest BCUT2D eigenvalue weighted by molar-refractivity contribution is -0.441. The Morgan fingerprint density at radius 1 is 0.848 bits per heavy atom. The van der Waals surface area contributed by atoms with Crippen molar-refractivity contribution in [2.45, 2.75) is 57.0 Å². The molecule has 0 spiro atoms. The second kappa shape index (κ2) is 11.6. The molecule has 2 heterocycles. The fourth-order valence-electron chi connectivity index (χ4n) is 6.58. The van der Waals surface area contributed by atoms with Crippen molar-refractivity contribution in [1.82, 2.24) is 0 Å². The van der Waals surface area contributed by atoms with Crippen molar-refractivity contribution in [3.8, 4) is 0 Å². The molecule has 6 nitrogen and oxygen atoms in total. The first-order valence-electron chi connectivity index (χ1n) is 14.7. The number of allylic oxidation sites excluding steroid dienone is 2. The summed E-state index contributed by atoms with van der Waals surface area (Å²) in [6, 6.07) is 7.15. The Bertz CT molecular complexity index is 1680. The second-order valence-electron chi connectivity index (χ2n) is 12.7. The monoisotopic (exact) mass is 651 g/mol. The smallest absolute Gasteiger partial charge is 0.416 e. The number of halogens is 6. The summed E-state index contributed by atoms with van der Waals surface area (Å²) in [5.74, 6) is -0.212. The maximum atomic E-state index is 13.6. The summed E-state index contributed by atoms with van der Waals surface area (Å²) < 4.78 is 94.0. The predicted octanol–water partition coefficient (Wildman–Crippen LogP) is 7.19. The number of hydrogen-bond acceptors (Lipinski definition) is 5. The van der Waals surface area contributed by atoms with Crippen LogP contribution in [-0.2, 0) is 32.7 Å². The number of aliphatic hydroxyl groups excluding tert-OH is 2. The van der Waals surface area contributed by atoms with E-state index in [1.165, 1.54) is 26.4 Å². The van der Waals surface area contributed by atoms with Crippen LogP contribution in [-0.4, -0.2) is 67.1 Å². The van der Waals surface area contributed by atoms with Gasteiger partial charge in [-0.15, -0.1) is 0 Å². The molecule has 0 aromatic heterocycles. The zero-order valence-corrected chi connectivity index (χ0v) is 26.4. The molecule has 0 fully saturated rings. The molecule has 0 amide bonds. The molecule has 0 saturated heterocycles. The summed E-state index contributed by atoms with van der Waals surface area (Å²) >= 11 is 0. The SMILES string of the molecule is COCCN1C(=CC2=C(O)C(=CC3=[N+](CCOC)c4ccc(C(F)(F)F)cc4C3(C)C)C2O)C(C)(C)c2cc(C(F)(F)F)ccc21. The minimum absolute atomic E-state index is 0.178. The van der Waals surface area contributed by atoms with Crippen molar-refractivity contribution in [3.05, 3.63) is 93.4 Å². The van der Waals surface area contributed by atoms with Gasteiger partial charge >= 0.3 is 12.4 Å². The average Bonchev–Trinajstić information content (AvgIpc) is 3.32. The van der Waals surface area contributed by atoms with E-state index >= 15 is 0 Å². The number of nitrogens with zero attached hydrogens (tertiary/aromatic N) is 2. The number of ether oxygens (including phenoxy) is 2. The van der Waals surface area contributed by atoms with Gasteiger partial charge in [0.05, 0.1) is 23.1 Å². The van der Waals surface area contributed by atoms with Gasteiger partial charge in [-0.1, -0.05) is 13.8 Å². The van der Waals surface area contributed by atoms with Gasteiger partial charge in [0, 0.05) is 66.4 Å². The van der Waals surface area contributed by atoms with Crippen LogP contribution in [0.5, 0.6) is 0 Å². The Hall–Kier alpha value is -3.61. The lowest BCUT2D eigenvalue weighted by Gasteiger charge is -2.32. The van der Waals surface area contributed by atoms with Crippen LogP contribution in [0.1, 0.15) is 49.9 Å². The summed E-state index contributed by atoms with van der Waals surface area (Å²) in [5, 5.41) is 22.6. The summed E-state index contributed by atoms with van der Waals surface area (Å²) in [6.45, 7) is 8.29. The zero-order valence-electron chi connectivity index (χ0n) is 26.4. The largest absolute Gasteiger partial charge is 0.507 e. The van der Waals surface area contributed by atoms with Gasteiger partial charge in [0.25, 0.3) is 0 Å². The first-order valence-corrected chi connectivity index (χ1v) is 14.7. The van der Waals surface area contributed by atoms with E-state index in [0.717, 1.165) is 24.3 Å². The van der Waals surface area contributed by atoms with Crippen molar-refractivity contribution in [2.75, 3.05) is 45.4 Å². The lowest BCUT2D eigenvalue weighted by atomic mass is 9.76. The predicted molar refractivity (Wildman–Crippen MR) is 162 cm³/mol. The van der Waals surface area contributed by atoms with Crippen LogP contribution in [0.2, 0.25) is 0 Å². The molecule has 3 aliphatic rings. The molecule has 1 aliphatic carbocycles. The Morgan fingerprint density at radius 2 is 1.43 bits per heavy atom. The summed E-state index contributed by atoms with van der Waals surface area (Å²) in [5.41, 5.74) is 0.128. The van der Waals surface area contributed by atoms with Crippen LogP contribution in [0.4, 0.5) is 37.7 Å². The third-order valence-electron chi connectivity index (χ3n) is 9.20. The highest BCUT2D eigenvalue weighted by atomic mass is 19.4. The first kappa shape index (κ1) is 33.7. The van der Waals surface area contributed by atoms with Crippen LogP contribution in [0.3, 0.4) is 0 Å². The number of benzene rings is 2. The molecule has 12 heteroatoms. The average molecular weight is 652 g/mol. The molecule has 46 heavy (non-hydrogen) atoms. The van der Waals surface area contributed by atoms with Gasteiger partial charge in [0.2, 0.25) is 5.69 Å². The van der Waals surface area contributed by atoms with Crippen LogP contribution in [0.15, 0.2) is 71.2 Å². The summed E-state index contributed by atoms with van der Waals surface area (Å²) in [4.78, 5) is 1.82. The van der Waals surface area contributed by atoms with E-state index in [9.17, 15) is 36.6 Å². The van der Waals surface area contributed by atoms with E-state index in [1.807, 2.05) is 9.48 Å². The van der Waals surface area contributed by atoms with Crippen LogP contribution >= 0.6 is 0 Å². The third kappa shape index (κ3) is 5.54. The first-order chi connectivity index (χ1) is 21.3. The maximum Gasteiger partial charge on any atom is 0.416 e. The van der Waals surface area contributed by atoms with Gasteiger partial charge in [-0.25, -0.2) is 0 Å². The number of rotatable bonds is 8. The highest BCUT2D eigenvalue weighted by Crippen LogP contribution is 2.51. The Morgan fingerprint density at radius 3 is 2.00 bits per heavy atom. The van der Waals surface area contributed by atoms with E-state index in [0.29, 0.717) is 47.0 Å². The summed E-state index contributed by atoms with van der Waals surface area (Å²) in [6.07, 6.45) is -7.13. The van der Waals surface area contributed by atoms with Crippen LogP contribution in [0, 0.1) is 0 Å². The molecule has 0 bridgehead atoms. The van der Waals surface area contributed by atoms with Gasteiger partial charge in [-0.2, -0.15) is 30.9 Å². The molecule has 248 valence electrons. The third-order valence-corrected chi connectivity index (χ3v) is 9.20. The van der Waals surface area contributed by atoms with Gasteiger partial charge in [0.1, 0.15) is 18.5 Å². The molecule has 0 radical (unpaired) electrons. The Labute approximate surface area is 263 Å². The topological polar surface area (TPSA) is 65.2 Å². The van der Waals surface area contributed by atoms with Crippen molar-refractivity contribution in [3.63, 3.8) is 0 Å². The second-order valence-corrected chi connectivity index (χ2v) is 12.7. The molecular weight excluding hydrogens is 614 g/mol. The Kier molecular flexibility index (Phi) is 8.49. The number of anilines is 1. The number of aliphatic hydroxyl groups is 2. The summed E-state index contributed by atoms with van der Waals surface area (Å²) in [7, 11) is 3.03. The molecule has 0 saturated carbocycles. The number of alkyl halides is 6. The highest BCUT2D eigenvalue weighted by molar-refractivity contribution is 6.04. The number of hydrogen-bond donors (Lipinski definition) is 2. The van der Waals surface area contributed by atoms with Crippen molar-refractivity contribution in [2.24, 2.45) is 0 Å². The highest BCUT2D eigenvalue weighted by Gasteiger charge is 2.49. The van der Waals surface area contributed by atoms with Gasteiger partial charge in [-0.05, 0) is 55.8 Å². The van der Waals surface area contributed by atoms with E-state index in [2.05, 4.69) is 0 Å². The van der Waals surface area contributed by atoms with Crippen molar-refractivity contribution in [1.29, 1.82) is 0 Å². The van der Waals surface area contributed by atoms with E-state index < -0.39 is 40.4 Å². The Balaban J connectivity index is 1.58. The zero-order chi connectivity index (χ0) is 34.0. The lowest BCUT2D eigenvalue weighted by Crippen LogP contribution is -2.34. The standard InChI is InChI=1S/C34H36F6N2O4/c1-31(2)23-15-19(33(35,36)37)7-9-25(23)41(11-13-45-5)27(31)17-21-29(43)22(30(21)44)18-28-32(3,4)24-16-20(34(38,39)40)8-10-26(24)42(28)12-14-46-6/h7-10,15-18,29,43H,11-14H2,1-6H3/p+1. The molecule has 2 aromatic rings. The van der Waals surface area contributed by atoms with Gasteiger partial charge < -0.3 is 24.6 Å². The molecule has 1 unspecified atom stereocenters. The maximum absolute atomic E-state index is 13.6. The van der Waals surface area contributed by atoms with E-state index in [4.69, 9.17) is 9.47 Å². The molecule has 2 aromatic carbocycles. The van der Waals surface area contributed by atoms with Crippen molar-refractivity contribution >= 4 is 17.1 Å². The van der Waals surface area contributed by atoms with Crippen LogP contribution < -0.4 is 4.90 Å². The van der Waals surface area contributed by atoms with Crippen LogP contribution in [0.25, 0.3) is 0 Å². The fourth-order valence-corrected chi connectivity index (χ4v) is 6.58. The van der Waals surface area contributed by atoms with E-state index in [-0.39, 0.29) is 30.1 Å². The van der Waals surface area contributed by atoms with Crippen molar-refractivity contribution < 1.29 is 50.6 Å². The van der Waals surface area contributed by atoms with E-state index in [1.54, 1.807) is 39.8 Å². The molecule has 2 N–H and O–H groups in total. The normalized spacial score (nSPS) is 22.2. The van der Waals surface area contributed by atoms with Gasteiger partial charge in [0.15, 0.2) is 12.3 Å².